The summed E-state index contributed by atoms with van der Waals surface area (Å²) in [4.78, 5) is 14.0. The van der Waals surface area contributed by atoms with Crippen LogP contribution in [0.15, 0.2) is 60.0 Å². The molecule has 0 bridgehead atoms. The van der Waals surface area contributed by atoms with Gasteiger partial charge < -0.3 is 5.32 Å². The quantitative estimate of drug-likeness (QED) is 0.644. The van der Waals surface area contributed by atoms with Gasteiger partial charge in [0.15, 0.2) is 0 Å². The molecule has 0 spiro atoms. The number of halogens is 1. The van der Waals surface area contributed by atoms with Crippen LogP contribution in [-0.2, 0) is 16.4 Å². The van der Waals surface area contributed by atoms with Crippen molar-refractivity contribution in [3.05, 3.63) is 87.4 Å². The minimum atomic E-state index is -3.38. The Morgan fingerprint density at radius 1 is 1.20 bits per heavy atom. The molecule has 2 heterocycles. The van der Waals surface area contributed by atoms with Crippen molar-refractivity contribution >= 4 is 33.0 Å². The van der Waals surface area contributed by atoms with Crippen molar-refractivity contribution in [2.75, 3.05) is 10.6 Å². The molecule has 4 rings (SSSR count). The second-order valence-electron chi connectivity index (χ2n) is 7.43. The Balaban J connectivity index is 1.63. The van der Waals surface area contributed by atoms with Crippen LogP contribution in [0.25, 0.3) is 0 Å². The van der Waals surface area contributed by atoms with E-state index < -0.39 is 16.1 Å². The molecular formula is C22H21FN2O3S2. The van der Waals surface area contributed by atoms with Gasteiger partial charge in [-0.3, -0.25) is 9.10 Å². The molecule has 0 radical (unpaired) electrons. The largest absolute Gasteiger partial charge is 0.340 e. The van der Waals surface area contributed by atoms with Crippen LogP contribution < -0.4 is 9.62 Å². The maximum Gasteiger partial charge on any atom is 0.252 e. The van der Waals surface area contributed by atoms with Gasteiger partial charge in [0.1, 0.15) is 5.82 Å². The van der Waals surface area contributed by atoms with E-state index in [9.17, 15) is 17.6 Å². The summed E-state index contributed by atoms with van der Waals surface area (Å²) in [5, 5.41) is 4.96. The van der Waals surface area contributed by atoms with E-state index in [-0.39, 0.29) is 17.8 Å². The number of carbonyl (C=O) groups excluding carboxylic acids is 1. The second kappa shape index (κ2) is 7.85. The van der Waals surface area contributed by atoms with Crippen LogP contribution in [0.1, 0.15) is 39.3 Å². The van der Waals surface area contributed by atoms with Gasteiger partial charge in [0.25, 0.3) is 5.91 Å². The number of sulfonamides is 1. The predicted octanol–water partition coefficient (Wildman–Crippen LogP) is 4.12. The number of thiophene rings is 1. The maximum atomic E-state index is 13.4. The number of anilines is 1. The molecule has 0 saturated carbocycles. The zero-order chi connectivity index (χ0) is 21.5. The molecule has 0 saturated heterocycles. The molecule has 2 atom stereocenters. The number of amides is 1. The lowest BCUT2D eigenvalue weighted by molar-refractivity contribution is 0.0943. The highest BCUT2D eigenvalue weighted by molar-refractivity contribution is 7.92. The van der Waals surface area contributed by atoms with Crippen LogP contribution in [-0.4, -0.2) is 26.6 Å². The smallest absolute Gasteiger partial charge is 0.252 e. The summed E-state index contributed by atoms with van der Waals surface area (Å²) in [6.45, 7) is 1.85. The van der Waals surface area contributed by atoms with Gasteiger partial charge >= 0.3 is 0 Å². The van der Waals surface area contributed by atoms with E-state index >= 15 is 0 Å². The number of hydrogen-bond donors (Lipinski definition) is 1. The molecule has 1 N–H and O–H groups in total. The molecule has 1 aromatic heterocycles. The fourth-order valence-electron chi connectivity index (χ4n) is 3.89. The Morgan fingerprint density at radius 2 is 1.93 bits per heavy atom. The average molecular weight is 445 g/mol. The maximum absolute atomic E-state index is 13.4. The van der Waals surface area contributed by atoms with Crippen molar-refractivity contribution in [1.82, 2.24) is 5.32 Å². The topological polar surface area (TPSA) is 66.5 Å². The molecule has 8 heteroatoms. The van der Waals surface area contributed by atoms with Crippen LogP contribution >= 0.6 is 11.3 Å². The van der Waals surface area contributed by atoms with Gasteiger partial charge in [-0.1, -0.05) is 18.2 Å². The van der Waals surface area contributed by atoms with Gasteiger partial charge in [0, 0.05) is 16.5 Å². The van der Waals surface area contributed by atoms with E-state index in [1.54, 1.807) is 30.3 Å². The van der Waals surface area contributed by atoms with E-state index in [0.29, 0.717) is 17.7 Å². The molecule has 5 nitrogen and oxygen atoms in total. The van der Waals surface area contributed by atoms with Crippen LogP contribution in [0, 0.1) is 5.82 Å². The molecule has 156 valence electrons. The first-order chi connectivity index (χ1) is 14.2. The van der Waals surface area contributed by atoms with Crippen molar-refractivity contribution in [3.63, 3.8) is 0 Å². The Labute approximate surface area is 179 Å². The minimum absolute atomic E-state index is 0.189. The van der Waals surface area contributed by atoms with E-state index in [0.717, 1.165) is 16.0 Å². The van der Waals surface area contributed by atoms with Gasteiger partial charge in [-0.2, -0.15) is 0 Å². The molecular weight excluding hydrogens is 423 g/mol. The van der Waals surface area contributed by atoms with Crippen molar-refractivity contribution in [2.24, 2.45) is 0 Å². The first-order valence-electron chi connectivity index (χ1n) is 9.46. The fourth-order valence-corrected chi connectivity index (χ4v) is 5.96. The summed E-state index contributed by atoms with van der Waals surface area (Å²) in [6.07, 6.45) is 1.74. The fraction of sp³-hybridized carbons (Fsp3) is 0.227. The monoisotopic (exact) mass is 444 g/mol. The second-order valence-corrected chi connectivity index (χ2v) is 10.3. The lowest BCUT2D eigenvalue weighted by Crippen LogP contribution is -2.34. The third-order valence-electron chi connectivity index (χ3n) is 5.16. The zero-order valence-corrected chi connectivity index (χ0v) is 18.1. The first-order valence-corrected chi connectivity index (χ1v) is 12.2. The summed E-state index contributed by atoms with van der Waals surface area (Å²) in [5.41, 5.74) is 2.69. The number of fused-ring (bicyclic) bond motifs is 1. The van der Waals surface area contributed by atoms with E-state index in [2.05, 4.69) is 5.32 Å². The molecule has 1 aliphatic rings. The van der Waals surface area contributed by atoms with Gasteiger partial charge in [-0.15, -0.1) is 11.3 Å². The number of benzene rings is 2. The molecule has 0 aliphatic carbocycles. The minimum Gasteiger partial charge on any atom is -0.340 e. The Hall–Kier alpha value is -2.71. The lowest BCUT2D eigenvalue weighted by atomic mass is 10.0. The third-order valence-corrected chi connectivity index (χ3v) is 7.37. The number of carbonyl (C=O) groups is 1. The van der Waals surface area contributed by atoms with Crippen molar-refractivity contribution in [3.8, 4) is 0 Å². The molecule has 2 aromatic carbocycles. The first kappa shape index (κ1) is 20.6. The highest BCUT2D eigenvalue weighted by Crippen LogP contribution is 2.35. The molecule has 30 heavy (non-hydrogen) atoms. The summed E-state index contributed by atoms with van der Waals surface area (Å²) in [6, 6.07) is 14.4. The van der Waals surface area contributed by atoms with Crippen molar-refractivity contribution in [1.29, 1.82) is 0 Å². The van der Waals surface area contributed by atoms with Crippen LogP contribution in [0.2, 0.25) is 0 Å². The van der Waals surface area contributed by atoms with Crippen LogP contribution in [0.5, 0.6) is 0 Å². The standard InChI is InChI=1S/C22H21FN2O3S2/c1-14-12-17-13-16(7-10-19(17)25(14)30(2,27)28)22(26)24-21(20-4-3-11-29-20)15-5-8-18(23)9-6-15/h3-11,13-14,21H,12H2,1-2H3,(H,24,26). The third kappa shape index (κ3) is 3.97. The lowest BCUT2D eigenvalue weighted by Gasteiger charge is -2.22. The Morgan fingerprint density at radius 3 is 2.57 bits per heavy atom. The molecule has 3 aromatic rings. The van der Waals surface area contributed by atoms with Crippen molar-refractivity contribution < 1.29 is 17.6 Å². The van der Waals surface area contributed by atoms with E-state index in [4.69, 9.17) is 0 Å². The number of hydrogen-bond acceptors (Lipinski definition) is 4. The van der Waals surface area contributed by atoms with Gasteiger partial charge in [-0.05, 0) is 66.2 Å². The van der Waals surface area contributed by atoms with Gasteiger partial charge in [0.2, 0.25) is 10.0 Å². The molecule has 0 fully saturated rings. The Kier molecular flexibility index (Phi) is 5.38. The van der Waals surface area contributed by atoms with E-state index in [1.165, 1.54) is 34.0 Å². The molecule has 1 amide bonds. The van der Waals surface area contributed by atoms with Gasteiger partial charge in [-0.25, -0.2) is 12.8 Å². The summed E-state index contributed by atoms with van der Waals surface area (Å²) in [5.74, 6) is -0.607. The predicted molar refractivity (Wildman–Crippen MR) is 117 cm³/mol. The highest BCUT2D eigenvalue weighted by atomic mass is 32.2. The summed E-state index contributed by atoms with van der Waals surface area (Å²) < 4.78 is 39.0. The molecule has 2 unspecified atom stereocenters. The number of rotatable bonds is 5. The van der Waals surface area contributed by atoms with Crippen LogP contribution in [0.3, 0.4) is 0 Å². The SMILES string of the molecule is CC1Cc2cc(C(=O)NC(c3ccc(F)cc3)c3cccs3)ccc2N1S(C)(=O)=O. The summed E-state index contributed by atoms with van der Waals surface area (Å²) in [7, 11) is -3.38. The number of nitrogens with one attached hydrogen (secondary N) is 1. The van der Waals surface area contributed by atoms with Crippen molar-refractivity contribution in [2.45, 2.75) is 25.4 Å². The van der Waals surface area contributed by atoms with Gasteiger partial charge in [0.05, 0.1) is 18.0 Å². The van der Waals surface area contributed by atoms with Crippen LogP contribution in [0.4, 0.5) is 10.1 Å². The summed E-state index contributed by atoms with van der Waals surface area (Å²) >= 11 is 1.51. The molecule has 1 aliphatic heterocycles. The zero-order valence-electron chi connectivity index (χ0n) is 16.5. The Bertz CT molecular complexity index is 1180. The normalized spacial score (nSPS) is 16.9. The van der Waals surface area contributed by atoms with E-state index in [1.807, 2.05) is 24.4 Å². The number of nitrogens with zero attached hydrogens (tertiary/aromatic N) is 1. The highest BCUT2D eigenvalue weighted by Gasteiger charge is 2.33. The average Bonchev–Trinajstić information content (AvgIpc) is 3.32.